The lowest BCUT2D eigenvalue weighted by Gasteiger charge is -2.06. The minimum atomic E-state index is 0.489. The molecule has 2 aromatic heterocycles. The predicted octanol–water partition coefficient (Wildman–Crippen LogP) is 3.37. The van der Waals surface area contributed by atoms with Crippen LogP contribution in [0.4, 0.5) is 0 Å². The van der Waals surface area contributed by atoms with Crippen molar-refractivity contribution >= 4 is 50.4 Å². The number of fused-ring (bicyclic) bond motifs is 1. The molecule has 0 aliphatic rings. The van der Waals surface area contributed by atoms with E-state index in [0.29, 0.717) is 5.11 Å². The Morgan fingerprint density at radius 3 is 3.08 bits per heavy atom. The zero-order chi connectivity index (χ0) is 16.8. The summed E-state index contributed by atoms with van der Waals surface area (Å²) in [5, 5.41) is 8.92. The van der Waals surface area contributed by atoms with Gasteiger partial charge in [-0.3, -0.25) is 10.4 Å². The molecule has 0 spiro atoms. The van der Waals surface area contributed by atoms with Gasteiger partial charge in [-0.15, -0.1) is 0 Å². The molecule has 0 radical (unpaired) electrons. The molecule has 0 saturated heterocycles. The van der Waals surface area contributed by atoms with E-state index in [-0.39, 0.29) is 0 Å². The Kier molecular flexibility index (Phi) is 5.55. The lowest BCUT2D eigenvalue weighted by molar-refractivity contribution is 0.841. The van der Waals surface area contributed by atoms with Crippen molar-refractivity contribution in [2.45, 2.75) is 6.42 Å². The Morgan fingerprint density at radius 2 is 2.25 bits per heavy atom. The number of hydrazone groups is 1. The fourth-order valence-corrected chi connectivity index (χ4v) is 2.83. The van der Waals surface area contributed by atoms with Gasteiger partial charge in [-0.05, 0) is 54.5 Å². The summed E-state index contributed by atoms with van der Waals surface area (Å²) in [5.74, 6) is 0. The summed E-state index contributed by atoms with van der Waals surface area (Å²) in [7, 11) is 0. The summed E-state index contributed by atoms with van der Waals surface area (Å²) in [6.45, 7) is 0.727. The molecule has 1 aromatic carbocycles. The third-order valence-electron chi connectivity index (χ3n) is 3.46. The highest BCUT2D eigenvalue weighted by atomic mass is 79.9. The molecule has 122 valence electrons. The summed E-state index contributed by atoms with van der Waals surface area (Å²) >= 11 is 8.72. The number of aromatic amines is 1. The third-order valence-corrected chi connectivity index (χ3v) is 4.19. The van der Waals surface area contributed by atoms with Crippen LogP contribution in [-0.2, 0) is 6.42 Å². The van der Waals surface area contributed by atoms with Gasteiger partial charge in [0, 0.05) is 34.3 Å². The molecule has 3 rings (SSSR count). The average Bonchev–Trinajstić information content (AvgIpc) is 2.98. The van der Waals surface area contributed by atoms with Crippen molar-refractivity contribution in [1.29, 1.82) is 0 Å². The number of thiocarbonyl (C=S) groups is 1. The van der Waals surface area contributed by atoms with Crippen LogP contribution in [0.3, 0.4) is 0 Å². The van der Waals surface area contributed by atoms with Crippen LogP contribution in [0.1, 0.15) is 11.3 Å². The fourth-order valence-electron chi connectivity index (χ4n) is 2.32. The number of H-pyrrole nitrogens is 1. The Bertz CT molecular complexity index is 860. The number of nitrogens with zero attached hydrogens (tertiary/aromatic N) is 2. The molecule has 3 aromatic rings. The highest BCUT2D eigenvalue weighted by Gasteiger charge is 2.04. The van der Waals surface area contributed by atoms with E-state index in [0.717, 1.165) is 28.6 Å². The zero-order valence-electron chi connectivity index (χ0n) is 12.8. The van der Waals surface area contributed by atoms with Gasteiger partial charge in [-0.25, -0.2) is 0 Å². The van der Waals surface area contributed by atoms with Gasteiger partial charge in [0.05, 0.1) is 11.9 Å². The second-order valence-corrected chi connectivity index (χ2v) is 6.46. The van der Waals surface area contributed by atoms with E-state index in [1.165, 1.54) is 10.9 Å². The van der Waals surface area contributed by atoms with Crippen LogP contribution in [-0.4, -0.2) is 27.8 Å². The van der Waals surface area contributed by atoms with Crippen LogP contribution in [0.15, 0.2) is 58.4 Å². The van der Waals surface area contributed by atoms with Crippen LogP contribution in [0.5, 0.6) is 0 Å². The fraction of sp³-hybridized carbons (Fsp3) is 0.118. The normalized spacial score (nSPS) is 11.0. The smallest absolute Gasteiger partial charge is 0.186 e. The number of rotatable bonds is 5. The minimum Gasteiger partial charge on any atom is -0.361 e. The lowest BCUT2D eigenvalue weighted by Crippen LogP contribution is -2.33. The standard InChI is InChI=1S/C17H16BrN5S/c18-13-4-5-16-15(9-13)12(10-21-16)6-8-20-17(24)23-22-11-14-3-1-2-7-19-14/h1-5,7,9-11,21H,6,8H2,(H2,20,23,24)/b22-11+. The second-order valence-electron chi connectivity index (χ2n) is 5.13. The molecule has 24 heavy (non-hydrogen) atoms. The monoisotopic (exact) mass is 401 g/mol. The predicted molar refractivity (Wildman–Crippen MR) is 105 cm³/mol. The van der Waals surface area contributed by atoms with Gasteiger partial charge < -0.3 is 10.3 Å². The van der Waals surface area contributed by atoms with E-state index in [9.17, 15) is 0 Å². The van der Waals surface area contributed by atoms with Gasteiger partial charge in [0.2, 0.25) is 0 Å². The van der Waals surface area contributed by atoms with Crippen LogP contribution in [0, 0.1) is 0 Å². The molecule has 7 heteroatoms. The molecule has 0 fully saturated rings. The van der Waals surface area contributed by atoms with E-state index < -0.39 is 0 Å². The first-order valence-corrected chi connectivity index (χ1v) is 8.66. The summed E-state index contributed by atoms with van der Waals surface area (Å²) in [6.07, 6.45) is 6.25. The lowest BCUT2D eigenvalue weighted by atomic mass is 10.1. The van der Waals surface area contributed by atoms with Crippen LogP contribution in [0.25, 0.3) is 10.9 Å². The van der Waals surface area contributed by atoms with Gasteiger partial charge in [-0.1, -0.05) is 22.0 Å². The van der Waals surface area contributed by atoms with E-state index in [1.54, 1.807) is 12.4 Å². The van der Waals surface area contributed by atoms with Crippen molar-refractivity contribution in [2.75, 3.05) is 6.54 Å². The Hall–Kier alpha value is -2.25. The largest absolute Gasteiger partial charge is 0.361 e. The van der Waals surface area contributed by atoms with Gasteiger partial charge in [0.1, 0.15) is 0 Å². The molecule has 0 bridgehead atoms. The topological polar surface area (TPSA) is 65.1 Å². The number of hydrogen-bond donors (Lipinski definition) is 3. The SMILES string of the molecule is S=C(NCCc1c[nH]c2ccc(Br)cc12)N/N=C/c1ccccn1. The van der Waals surface area contributed by atoms with Crippen molar-refractivity contribution in [3.8, 4) is 0 Å². The summed E-state index contributed by atoms with van der Waals surface area (Å²) in [6, 6.07) is 11.9. The molecule has 0 amide bonds. The maximum atomic E-state index is 5.21. The molecule has 0 saturated carbocycles. The van der Waals surface area contributed by atoms with E-state index in [1.807, 2.05) is 30.5 Å². The number of pyridine rings is 1. The Balaban J connectivity index is 1.48. The van der Waals surface area contributed by atoms with Crippen LogP contribution in [0.2, 0.25) is 0 Å². The Labute approximate surface area is 153 Å². The molecule has 0 aliphatic heterocycles. The number of nitrogens with one attached hydrogen (secondary N) is 3. The molecule has 2 heterocycles. The number of aromatic nitrogens is 2. The third kappa shape index (κ3) is 4.39. The number of benzene rings is 1. The maximum absolute atomic E-state index is 5.21. The van der Waals surface area contributed by atoms with Gasteiger partial charge in [0.15, 0.2) is 5.11 Å². The Morgan fingerprint density at radius 1 is 1.33 bits per heavy atom. The van der Waals surface area contributed by atoms with E-state index >= 15 is 0 Å². The van der Waals surface area contributed by atoms with Crippen LogP contribution >= 0.6 is 28.1 Å². The van der Waals surface area contributed by atoms with Crippen molar-refractivity contribution < 1.29 is 0 Å². The van der Waals surface area contributed by atoms with Crippen molar-refractivity contribution in [3.63, 3.8) is 0 Å². The van der Waals surface area contributed by atoms with Crippen molar-refractivity contribution in [3.05, 3.63) is 64.5 Å². The summed E-state index contributed by atoms with van der Waals surface area (Å²) in [4.78, 5) is 7.43. The summed E-state index contributed by atoms with van der Waals surface area (Å²) < 4.78 is 1.07. The molecule has 0 unspecified atom stereocenters. The first-order valence-electron chi connectivity index (χ1n) is 7.46. The van der Waals surface area contributed by atoms with Gasteiger partial charge in [-0.2, -0.15) is 5.10 Å². The second kappa shape index (κ2) is 8.03. The highest BCUT2D eigenvalue weighted by Crippen LogP contribution is 2.22. The van der Waals surface area contributed by atoms with Crippen LogP contribution < -0.4 is 10.7 Å². The molecule has 0 atom stereocenters. The van der Waals surface area contributed by atoms with Gasteiger partial charge >= 0.3 is 0 Å². The maximum Gasteiger partial charge on any atom is 0.186 e. The number of halogens is 1. The molecular formula is C17H16BrN5S. The molecule has 5 nitrogen and oxygen atoms in total. The first kappa shape index (κ1) is 16.6. The average molecular weight is 402 g/mol. The van der Waals surface area contributed by atoms with E-state index in [4.69, 9.17) is 12.2 Å². The van der Waals surface area contributed by atoms with Crippen molar-refractivity contribution in [1.82, 2.24) is 20.7 Å². The zero-order valence-corrected chi connectivity index (χ0v) is 15.2. The molecule has 0 aliphatic carbocycles. The quantitative estimate of drug-likeness (QED) is 0.348. The summed E-state index contributed by atoms with van der Waals surface area (Å²) in [5.41, 5.74) is 5.95. The first-order chi connectivity index (χ1) is 11.7. The number of hydrogen-bond acceptors (Lipinski definition) is 3. The van der Waals surface area contributed by atoms with Crippen molar-refractivity contribution in [2.24, 2.45) is 5.10 Å². The highest BCUT2D eigenvalue weighted by molar-refractivity contribution is 9.10. The minimum absolute atomic E-state index is 0.489. The van der Waals surface area contributed by atoms with Gasteiger partial charge in [0.25, 0.3) is 0 Å². The molecule has 3 N–H and O–H groups in total. The molecular weight excluding hydrogens is 386 g/mol. The van der Waals surface area contributed by atoms with E-state index in [2.05, 4.69) is 53.9 Å².